The molecule has 0 fully saturated rings. The summed E-state index contributed by atoms with van der Waals surface area (Å²) >= 11 is 1.63. The molecule has 1 aromatic heterocycles. The van der Waals surface area contributed by atoms with Crippen LogP contribution in [-0.2, 0) is 6.42 Å². The number of rotatable bonds is 2. The van der Waals surface area contributed by atoms with Crippen LogP contribution in [0.25, 0.3) is 0 Å². The molecule has 74 valence electrons. The normalized spacial score (nSPS) is 14.5. The first kappa shape index (κ1) is 10.7. The Morgan fingerprint density at radius 2 is 2.15 bits per heavy atom. The van der Waals surface area contributed by atoms with Crippen LogP contribution in [0.3, 0.4) is 0 Å². The summed E-state index contributed by atoms with van der Waals surface area (Å²) in [7, 11) is 0. The summed E-state index contributed by atoms with van der Waals surface area (Å²) in [5.41, 5.74) is 1.07. The van der Waals surface area contributed by atoms with Crippen molar-refractivity contribution in [2.75, 3.05) is 0 Å². The molecule has 0 spiro atoms. The van der Waals surface area contributed by atoms with E-state index in [9.17, 15) is 5.11 Å². The molecular formula is C10H17NOS. The van der Waals surface area contributed by atoms with Crippen LogP contribution >= 0.6 is 11.3 Å². The van der Waals surface area contributed by atoms with Gasteiger partial charge >= 0.3 is 0 Å². The van der Waals surface area contributed by atoms with Crippen LogP contribution in [0.5, 0.6) is 0 Å². The van der Waals surface area contributed by atoms with Crippen LogP contribution in [-0.4, -0.2) is 10.1 Å². The Hall–Kier alpha value is -0.410. The van der Waals surface area contributed by atoms with Crippen LogP contribution in [0.2, 0.25) is 0 Å². The lowest BCUT2D eigenvalue weighted by atomic mass is 9.93. The summed E-state index contributed by atoms with van der Waals surface area (Å²) in [6.45, 7) is 8.32. The van der Waals surface area contributed by atoms with Crippen LogP contribution in [0, 0.1) is 5.41 Å². The lowest BCUT2D eigenvalue weighted by Crippen LogP contribution is -2.09. The zero-order valence-corrected chi connectivity index (χ0v) is 9.48. The minimum atomic E-state index is -0.440. The highest BCUT2D eigenvalue weighted by Gasteiger charge is 2.14. The zero-order valence-electron chi connectivity index (χ0n) is 8.66. The number of aliphatic hydroxyl groups excluding tert-OH is 1. The fourth-order valence-corrected chi connectivity index (χ4v) is 2.23. The number of nitrogens with zero attached hydrogens (tertiary/aromatic N) is 1. The Morgan fingerprint density at radius 3 is 2.54 bits per heavy atom. The molecule has 1 rings (SSSR count). The molecule has 0 radical (unpaired) electrons. The van der Waals surface area contributed by atoms with Crippen molar-refractivity contribution in [3.05, 3.63) is 16.1 Å². The molecule has 1 heterocycles. The number of thiazole rings is 1. The summed E-state index contributed by atoms with van der Waals surface area (Å²) < 4.78 is 0. The van der Waals surface area contributed by atoms with E-state index < -0.39 is 6.10 Å². The molecule has 0 saturated carbocycles. The number of hydrogen-bond acceptors (Lipinski definition) is 3. The molecule has 0 aromatic carbocycles. The van der Waals surface area contributed by atoms with Crippen LogP contribution in [0.1, 0.15) is 44.5 Å². The van der Waals surface area contributed by atoms with Gasteiger partial charge in [-0.3, -0.25) is 0 Å². The number of aliphatic hydroxyl groups is 1. The van der Waals surface area contributed by atoms with E-state index in [1.807, 2.05) is 5.38 Å². The molecule has 1 atom stereocenters. The third-order valence-electron chi connectivity index (χ3n) is 1.68. The topological polar surface area (TPSA) is 33.1 Å². The molecule has 1 N–H and O–H groups in total. The van der Waals surface area contributed by atoms with Crippen LogP contribution in [0.4, 0.5) is 0 Å². The minimum Gasteiger partial charge on any atom is -0.387 e. The first-order chi connectivity index (χ1) is 5.88. The van der Waals surface area contributed by atoms with Crippen molar-refractivity contribution in [2.45, 2.75) is 40.2 Å². The Balaban J connectivity index is 2.70. The van der Waals surface area contributed by atoms with E-state index in [-0.39, 0.29) is 5.41 Å². The average molecular weight is 199 g/mol. The van der Waals surface area contributed by atoms with Crippen LogP contribution in [0.15, 0.2) is 5.38 Å². The summed E-state index contributed by atoms with van der Waals surface area (Å²) in [6.07, 6.45) is 0.537. The van der Waals surface area contributed by atoms with Gasteiger partial charge in [0.2, 0.25) is 0 Å². The van der Waals surface area contributed by atoms with Crippen molar-refractivity contribution in [2.24, 2.45) is 5.41 Å². The molecular weight excluding hydrogens is 182 g/mol. The first-order valence-corrected chi connectivity index (χ1v) is 5.39. The van der Waals surface area contributed by atoms with E-state index in [4.69, 9.17) is 0 Å². The maximum absolute atomic E-state index is 9.28. The minimum absolute atomic E-state index is 0.272. The van der Waals surface area contributed by atoms with Crippen molar-refractivity contribution in [3.63, 3.8) is 0 Å². The highest BCUT2D eigenvalue weighted by molar-refractivity contribution is 7.09. The molecule has 0 aliphatic carbocycles. The summed E-state index contributed by atoms with van der Waals surface area (Å²) in [4.78, 5) is 4.36. The predicted octanol–water partition coefficient (Wildman–Crippen LogP) is 2.79. The Bertz CT molecular complexity index is 273. The quantitative estimate of drug-likeness (QED) is 0.794. The predicted molar refractivity (Wildman–Crippen MR) is 55.9 cm³/mol. The van der Waals surface area contributed by atoms with Gasteiger partial charge in [0.25, 0.3) is 0 Å². The smallest absolute Gasteiger partial charge is 0.0940 e. The second kappa shape index (κ2) is 3.76. The Kier molecular flexibility index (Phi) is 3.09. The first-order valence-electron chi connectivity index (χ1n) is 4.51. The summed E-state index contributed by atoms with van der Waals surface area (Å²) in [5.74, 6) is 0. The molecule has 3 heteroatoms. The third kappa shape index (κ3) is 3.44. The van der Waals surface area contributed by atoms with E-state index in [1.165, 1.54) is 0 Å². The lowest BCUT2D eigenvalue weighted by molar-refractivity contribution is 0.194. The summed E-state index contributed by atoms with van der Waals surface area (Å²) in [6, 6.07) is 0. The molecule has 13 heavy (non-hydrogen) atoms. The Labute approximate surface area is 83.6 Å². The summed E-state index contributed by atoms with van der Waals surface area (Å²) in [5, 5.41) is 12.3. The maximum atomic E-state index is 9.28. The van der Waals surface area contributed by atoms with Crippen molar-refractivity contribution in [3.8, 4) is 0 Å². The molecule has 1 unspecified atom stereocenters. The van der Waals surface area contributed by atoms with Gasteiger partial charge in [-0.1, -0.05) is 20.8 Å². The largest absolute Gasteiger partial charge is 0.387 e. The Morgan fingerprint density at radius 1 is 1.54 bits per heavy atom. The molecule has 0 amide bonds. The SMILES string of the molecule is CC(O)c1csc(CC(C)(C)C)n1. The van der Waals surface area contributed by atoms with Gasteiger partial charge in [-0.05, 0) is 12.3 Å². The maximum Gasteiger partial charge on any atom is 0.0940 e. The highest BCUT2D eigenvalue weighted by atomic mass is 32.1. The fourth-order valence-electron chi connectivity index (χ4n) is 1.05. The van der Waals surface area contributed by atoms with Crippen molar-refractivity contribution >= 4 is 11.3 Å². The van der Waals surface area contributed by atoms with Gasteiger partial charge in [0.15, 0.2) is 0 Å². The van der Waals surface area contributed by atoms with E-state index >= 15 is 0 Å². The second-order valence-electron chi connectivity index (χ2n) is 4.58. The number of hydrogen-bond donors (Lipinski definition) is 1. The third-order valence-corrected chi connectivity index (χ3v) is 2.55. The highest BCUT2D eigenvalue weighted by Crippen LogP contribution is 2.24. The van der Waals surface area contributed by atoms with Crippen molar-refractivity contribution in [1.29, 1.82) is 0 Å². The van der Waals surface area contributed by atoms with Gasteiger partial charge in [0.05, 0.1) is 16.8 Å². The van der Waals surface area contributed by atoms with Crippen LogP contribution < -0.4 is 0 Å². The van der Waals surface area contributed by atoms with E-state index in [2.05, 4.69) is 25.8 Å². The van der Waals surface area contributed by atoms with Gasteiger partial charge in [-0.15, -0.1) is 11.3 Å². The van der Waals surface area contributed by atoms with Gasteiger partial charge in [-0.2, -0.15) is 0 Å². The van der Waals surface area contributed by atoms with Gasteiger partial charge in [0, 0.05) is 11.8 Å². The van der Waals surface area contributed by atoms with E-state index in [1.54, 1.807) is 18.3 Å². The van der Waals surface area contributed by atoms with Gasteiger partial charge in [0.1, 0.15) is 0 Å². The van der Waals surface area contributed by atoms with E-state index in [0.717, 1.165) is 17.1 Å². The average Bonchev–Trinajstić information content (AvgIpc) is 2.31. The molecule has 0 saturated heterocycles. The fraction of sp³-hybridized carbons (Fsp3) is 0.700. The van der Waals surface area contributed by atoms with Crippen molar-refractivity contribution in [1.82, 2.24) is 4.98 Å². The zero-order chi connectivity index (χ0) is 10.1. The van der Waals surface area contributed by atoms with Crippen molar-refractivity contribution < 1.29 is 5.11 Å². The molecule has 0 bridgehead atoms. The molecule has 1 aromatic rings. The monoisotopic (exact) mass is 199 g/mol. The number of aromatic nitrogens is 1. The molecule has 0 aliphatic rings. The van der Waals surface area contributed by atoms with E-state index in [0.29, 0.717) is 0 Å². The molecule has 0 aliphatic heterocycles. The molecule has 2 nitrogen and oxygen atoms in total. The van der Waals surface area contributed by atoms with Gasteiger partial charge in [-0.25, -0.2) is 4.98 Å². The standard InChI is InChI=1S/C10H17NOS/c1-7(12)8-6-13-9(11-8)5-10(2,3)4/h6-7,12H,5H2,1-4H3. The lowest BCUT2D eigenvalue weighted by Gasteiger charge is -2.15. The second-order valence-corrected chi connectivity index (χ2v) is 5.52. The van der Waals surface area contributed by atoms with Gasteiger partial charge < -0.3 is 5.11 Å².